The minimum absolute atomic E-state index is 0.166. The molecule has 0 amide bonds. The van der Waals surface area contributed by atoms with Crippen molar-refractivity contribution in [1.82, 2.24) is 0 Å². The summed E-state index contributed by atoms with van der Waals surface area (Å²) in [5, 5.41) is 1.91. The first kappa shape index (κ1) is 23.2. The maximum Gasteiger partial charge on any atom is 0.348 e. The lowest BCUT2D eigenvalue weighted by Gasteiger charge is -2.04. The molecule has 3 heteroatoms. The van der Waals surface area contributed by atoms with Gasteiger partial charge < -0.3 is 4.74 Å². The first-order valence-electron chi connectivity index (χ1n) is 11.0. The van der Waals surface area contributed by atoms with Crippen molar-refractivity contribution in [1.29, 1.82) is 0 Å². The molecule has 0 saturated carbocycles. The van der Waals surface area contributed by atoms with Crippen LogP contribution in [-0.2, 0) is 4.74 Å². The van der Waals surface area contributed by atoms with E-state index in [2.05, 4.69) is 6.92 Å². The monoisotopic (exact) mass is 380 g/mol. The van der Waals surface area contributed by atoms with Gasteiger partial charge in [0.05, 0.1) is 6.61 Å². The van der Waals surface area contributed by atoms with Gasteiger partial charge in [0.15, 0.2) is 0 Å². The van der Waals surface area contributed by atoms with E-state index in [1.54, 1.807) is 0 Å². The summed E-state index contributed by atoms with van der Waals surface area (Å²) in [5.74, 6) is -0.166. The molecule has 1 heterocycles. The zero-order chi connectivity index (χ0) is 18.7. The van der Waals surface area contributed by atoms with Crippen molar-refractivity contribution >= 4 is 17.3 Å². The van der Waals surface area contributed by atoms with Crippen LogP contribution >= 0.6 is 11.3 Å². The molecule has 1 rings (SSSR count). The van der Waals surface area contributed by atoms with Gasteiger partial charge in [0, 0.05) is 0 Å². The third-order valence-electron chi connectivity index (χ3n) is 4.95. The van der Waals surface area contributed by atoms with Crippen LogP contribution in [0.4, 0.5) is 0 Å². The Morgan fingerprint density at radius 1 is 0.769 bits per heavy atom. The number of rotatable bonds is 18. The van der Waals surface area contributed by atoms with Gasteiger partial charge in [-0.1, -0.05) is 109 Å². The predicted octanol–water partition coefficient (Wildman–Crippen LogP) is 8.17. The maximum absolute atomic E-state index is 11.7. The summed E-state index contributed by atoms with van der Waals surface area (Å²) >= 11 is 1.45. The molecule has 0 fully saturated rings. The largest absolute Gasteiger partial charge is 0.462 e. The molecule has 0 aliphatic heterocycles. The van der Waals surface area contributed by atoms with Crippen LogP contribution in [0.3, 0.4) is 0 Å². The van der Waals surface area contributed by atoms with Gasteiger partial charge in [-0.25, -0.2) is 4.79 Å². The van der Waals surface area contributed by atoms with E-state index in [4.69, 9.17) is 4.74 Å². The Labute approximate surface area is 165 Å². The second-order valence-electron chi connectivity index (χ2n) is 7.42. The summed E-state index contributed by atoms with van der Waals surface area (Å²) in [4.78, 5) is 12.4. The zero-order valence-electron chi connectivity index (χ0n) is 17.0. The molecule has 0 saturated heterocycles. The SMILES string of the molecule is CCCCCCCCCCCCCCCCCCOC(=O)c1cccs1. The highest BCUT2D eigenvalue weighted by Gasteiger charge is 2.06. The molecule has 1 aromatic heterocycles. The van der Waals surface area contributed by atoms with Crippen molar-refractivity contribution in [3.63, 3.8) is 0 Å². The highest BCUT2D eigenvalue weighted by molar-refractivity contribution is 7.11. The average Bonchev–Trinajstić information content (AvgIpc) is 3.19. The van der Waals surface area contributed by atoms with Gasteiger partial charge in [-0.05, 0) is 17.9 Å². The smallest absolute Gasteiger partial charge is 0.348 e. The molecule has 0 spiro atoms. The van der Waals surface area contributed by atoms with Crippen molar-refractivity contribution in [2.75, 3.05) is 6.61 Å². The Bertz CT molecular complexity index is 414. The number of thiophene rings is 1. The fourth-order valence-electron chi connectivity index (χ4n) is 3.28. The van der Waals surface area contributed by atoms with E-state index in [1.807, 2.05) is 17.5 Å². The van der Waals surface area contributed by atoms with Crippen LogP contribution in [0.5, 0.6) is 0 Å². The summed E-state index contributed by atoms with van der Waals surface area (Å²) in [6.07, 6.45) is 21.8. The Morgan fingerprint density at radius 2 is 1.23 bits per heavy atom. The molecule has 0 unspecified atom stereocenters. The van der Waals surface area contributed by atoms with Gasteiger partial charge in [-0.3, -0.25) is 0 Å². The van der Waals surface area contributed by atoms with E-state index < -0.39 is 0 Å². The molecule has 1 aromatic rings. The topological polar surface area (TPSA) is 26.3 Å². The van der Waals surface area contributed by atoms with Crippen LogP contribution in [-0.4, -0.2) is 12.6 Å². The van der Waals surface area contributed by atoms with Gasteiger partial charge in [0.2, 0.25) is 0 Å². The third-order valence-corrected chi connectivity index (χ3v) is 5.80. The Hall–Kier alpha value is -0.830. The van der Waals surface area contributed by atoms with Crippen LogP contribution in [0, 0.1) is 0 Å². The van der Waals surface area contributed by atoms with Crippen molar-refractivity contribution in [2.45, 2.75) is 110 Å². The molecule has 0 N–H and O–H groups in total. The third kappa shape index (κ3) is 13.4. The summed E-state index contributed by atoms with van der Waals surface area (Å²) in [5.41, 5.74) is 0. The molecule has 26 heavy (non-hydrogen) atoms. The van der Waals surface area contributed by atoms with E-state index in [0.717, 1.165) is 6.42 Å². The number of hydrogen-bond donors (Lipinski definition) is 0. The molecule has 150 valence electrons. The van der Waals surface area contributed by atoms with Crippen molar-refractivity contribution in [2.24, 2.45) is 0 Å². The quantitative estimate of drug-likeness (QED) is 0.190. The molecule has 0 atom stereocenters. The van der Waals surface area contributed by atoms with Crippen molar-refractivity contribution in [3.05, 3.63) is 22.4 Å². The fourth-order valence-corrected chi connectivity index (χ4v) is 3.90. The van der Waals surface area contributed by atoms with E-state index >= 15 is 0 Å². The zero-order valence-corrected chi connectivity index (χ0v) is 17.8. The number of ether oxygens (including phenoxy) is 1. The number of hydrogen-bond acceptors (Lipinski definition) is 3. The molecule has 0 aliphatic rings. The van der Waals surface area contributed by atoms with Gasteiger partial charge in [-0.2, -0.15) is 0 Å². The van der Waals surface area contributed by atoms with Crippen LogP contribution in [0.25, 0.3) is 0 Å². The lowest BCUT2D eigenvalue weighted by Crippen LogP contribution is -2.04. The second kappa shape index (κ2) is 17.6. The summed E-state index contributed by atoms with van der Waals surface area (Å²) in [6, 6.07) is 3.70. The Morgan fingerprint density at radius 3 is 1.65 bits per heavy atom. The minimum atomic E-state index is -0.166. The highest BCUT2D eigenvalue weighted by atomic mass is 32.1. The van der Waals surface area contributed by atoms with Crippen molar-refractivity contribution in [3.8, 4) is 0 Å². The van der Waals surface area contributed by atoms with E-state index in [9.17, 15) is 4.79 Å². The van der Waals surface area contributed by atoms with E-state index in [-0.39, 0.29) is 5.97 Å². The first-order valence-corrected chi connectivity index (χ1v) is 11.9. The van der Waals surface area contributed by atoms with E-state index in [1.165, 1.54) is 108 Å². The molecule has 0 bridgehead atoms. The molecule has 0 radical (unpaired) electrons. The molecular weight excluding hydrogens is 340 g/mol. The predicted molar refractivity (Wildman–Crippen MR) is 114 cm³/mol. The van der Waals surface area contributed by atoms with Crippen LogP contribution in [0.15, 0.2) is 17.5 Å². The summed E-state index contributed by atoms with van der Waals surface area (Å²) in [7, 11) is 0. The average molecular weight is 381 g/mol. The molecular formula is C23H40O2S. The number of carbonyl (C=O) groups excluding carboxylic acids is 1. The van der Waals surface area contributed by atoms with Crippen molar-refractivity contribution < 1.29 is 9.53 Å². The van der Waals surface area contributed by atoms with Gasteiger partial charge >= 0.3 is 5.97 Å². The van der Waals surface area contributed by atoms with Crippen LogP contribution in [0.2, 0.25) is 0 Å². The minimum Gasteiger partial charge on any atom is -0.462 e. The highest BCUT2D eigenvalue weighted by Crippen LogP contribution is 2.14. The van der Waals surface area contributed by atoms with E-state index in [0.29, 0.717) is 11.5 Å². The lowest BCUT2D eigenvalue weighted by atomic mass is 10.0. The molecule has 2 nitrogen and oxygen atoms in total. The van der Waals surface area contributed by atoms with Crippen LogP contribution in [0.1, 0.15) is 119 Å². The molecule has 0 aliphatic carbocycles. The first-order chi connectivity index (χ1) is 12.8. The Balaban J connectivity index is 1.71. The normalized spacial score (nSPS) is 11.0. The summed E-state index contributed by atoms with van der Waals surface area (Å²) in [6.45, 7) is 2.85. The van der Waals surface area contributed by atoms with Gasteiger partial charge in [0.25, 0.3) is 0 Å². The standard InChI is InChI=1S/C23H40O2S/c1-2-3-4-5-6-7-8-9-10-11-12-13-14-15-16-17-20-25-23(24)22-19-18-21-26-22/h18-19,21H,2-17,20H2,1H3. The summed E-state index contributed by atoms with van der Waals surface area (Å²) < 4.78 is 5.28. The Kier molecular flexibility index (Phi) is 15.7. The lowest BCUT2D eigenvalue weighted by molar-refractivity contribution is 0.0503. The van der Waals surface area contributed by atoms with Gasteiger partial charge in [0.1, 0.15) is 4.88 Å². The fraction of sp³-hybridized carbons (Fsp3) is 0.783. The maximum atomic E-state index is 11.7. The molecule has 0 aromatic carbocycles. The van der Waals surface area contributed by atoms with Crippen LogP contribution < -0.4 is 0 Å². The number of esters is 1. The number of carbonyl (C=O) groups is 1. The number of unbranched alkanes of at least 4 members (excludes halogenated alkanes) is 15. The second-order valence-corrected chi connectivity index (χ2v) is 8.36. The van der Waals surface area contributed by atoms with Gasteiger partial charge in [-0.15, -0.1) is 11.3 Å².